The van der Waals surface area contributed by atoms with Crippen molar-refractivity contribution in [3.05, 3.63) is 64.1 Å². The molecular weight excluding hydrogens is 386 g/mol. The Morgan fingerprint density at radius 1 is 1.20 bits per heavy atom. The molecule has 0 radical (unpaired) electrons. The summed E-state index contributed by atoms with van der Waals surface area (Å²) in [4.78, 5) is 23.2. The summed E-state index contributed by atoms with van der Waals surface area (Å²) in [7, 11) is 1.30. The van der Waals surface area contributed by atoms with E-state index in [0.717, 1.165) is 15.6 Å². The van der Waals surface area contributed by atoms with Crippen molar-refractivity contribution in [1.29, 1.82) is 0 Å². The SMILES string of the molecule is COC(=O)COc1ccc(NC(=O)/C=C/c2ccccc2Br)c(C)c1. The average molecular weight is 404 g/mol. The predicted octanol–water partition coefficient (Wildman–Crippen LogP) is 3.96. The van der Waals surface area contributed by atoms with E-state index < -0.39 is 5.97 Å². The Morgan fingerprint density at radius 3 is 2.64 bits per heavy atom. The lowest BCUT2D eigenvalue weighted by atomic mass is 10.2. The molecule has 0 aliphatic heterocycles. The van der Waals surface area contributed by atoms with Crippen LogP contribution in [-0.4, -0.2) is 25.6 Å². The molecule has 0 fully saturated rings. The minimum atomic E-state index is -0.452. The molecule has 0 heterocycles. The number of hydrogen-bond acceptors (Lipinski definition) is 4. The lowest BCUT2D eigenvalue weighted by molar-refractivity contribution is -0.142. The van der Waals surface area contributed by atoms with Crippen molar-refractivity contribution < 1.29 is 19.1 Å². The van der Waals surface area contributed by atoms with E-state index in [1.807, 2.05) is 31.2 Å². The molecular formula is C19H18BrNO4. The second-order valence-electron chi connectivity index (χ2n) is 5.19. The highest BCUT2D eigenvalue weighted by atomic mass is 79.9. The number of nitrogens with one attached hydrogen (secondary N) is 1. The second kappa shape index (κ2) is 9.03. The lowest BCUT2D eigenvalue weighted by Crippen LogP contribution is -2.13. The highest BCUT2D eigenvalue weighted by molar-refractivity contribution is 9.10. The third-order valence-electron chi connectivity index (χ3n) is 3.36. The summed E-state index contributed by atoms with van der Waals surface area (Å²) in [5.74, 6) is -0.154. The Hall–Kier alpha value is -2.60. The van der Waals surface area contributed by atoms with E-state index in [1.165, 1.54) is 13.2 Å². The van der Waals surface area contributed by atoms with Crippen LogP contribution in [0.5, 0.6) is 5.75 Å². The van der Waals surface area contributed by atoms with Crippen LogP contribution in [0.25, 0.3) is 6.08 Å². The number of ether oxygens (including phenoxy) is 2. The fourth-order valence-corrected chi connectivity index (χ4v) is 2.43. The van der Waals surface area contributed by atoms with Crippen molar-refractivity contribution in [2.45, 2.75) is 6.92 Å². The van der Waals surface area contributed by atoms with Crippen molar-refractivity contribution in [2.75, 3.05) is 19.0 Å². The van der Waals surface area contributed by atoms with Gasteiger partial charge >= 0.3 is 5.97 Å². The van der Waals surface area contributed by atoms with Gasteiger partial charge in [-0.2, -0.15) is 0 Å². The van der Waals surface area contributed by atoms with E-state index in [2.05, 4.69) is 26.0 Å². The number of amides is 1. The van der Waals surface area contributed by atoms with Crippen LogP contribution in [0.4, 0.5) is 5.69 Å². The summed E-state index contributed by atoms with van der Waals surface area (Å²) in [6.07, 6.45) is 3.21. The van der Waals surface area contributed by atoms with Crippen molar-refractivity contribution in [3.63, 3.8) is 0 Å². The van der Waals surface area contributed by atoms with Crippen LogP contribution in [0.3, 0.4) is 0 Å². The zero-order chi connectivity index (χ0) is 18.2. The largest absolute Gasteiger partial charge is 0.482 e. The molecule has 0 bridgehead atoms. The van der Waals surface area contributed by atoms with Gasteiger partial charge in [-0.05, 0) is 48.4 Å². The van der Waals surface area contributed by atoms with E-state index >= 15 is 0 Å². The maximum atomic E-state index is 12.1. The number of benzene rings is 2. The number of aryl methyl sites for hydroxylation is 1. The van der Waals surface area contributed by atoms with Crippen LogP contribution in [0.1, 0.15) is 11.1 Å². The molecule has 0 atom stereocenters. The highest BCUT2D eigenvalue weighted by Crippen LogP contribution is 2.22. The van der Waals surface area contributed by atoms with Gasteiger partial charge in [0.25, 0.3) is 0 Å². The van der Waals surface area contributed by atoms with Crippen LogP contribution >= 0.6 is 15.9 Å². The first-order valence-electron chi connectivity index (χ1n) is 7.53. The minimum Gasteiger partial charge on any atom is -0.482 e. The highest BCUT2D eigenvalue weighted by Gasteiger charge is 2.06. The monoisotopic (exact) mass is 403 g/mol. The third-order valence-corrected chi connectivity index (χ3v) is 4.08. The summed E-state index contributed by atoms with van der Waals surface area (Å²) in [5, 5.41) is 2.81. The molecule has 0 aliphatic rings. The van der Waals surface area contributed by atoms with E-state index in [-0.39, 0.29) is 12.5 Å². The maximum absolute atomic E-state index is 12.1. The number of rotatable bonds is 6. The quantitative estimate of drug-likeness (QED) is 0.585. The number of carbonyl (C=O) groups excluding carboxylic acids is 2. The fourth-order valence-electron chi connectivity index (χ4n) is 2.02. The van der Waals surface area contributed by atoms with E-state index in [4.69, 9.17) is 4.74 Å². The number of halogens is 1. The van der Waals surface area contributed by atoms with E-state index in [1.54, 1.807) is 24.3 Å². The van der Waals surface area contributed by atoms with Crippen molar-refractivity contribution in [1.82, 2.24) is 0 Å². The molecule has 0 saturated heterocycles. The van der Waals surface area contributed by atoms with Gasteiger partial charge in [-0.25, -0.2) is 4.79 Å². The van der Waals surface area contributed by atoms with Gasteiger partial charge in [0.05, 0.1) is 7.11 Å². The molecule has 0 spiro atoms. The molecule has 5 nitrogen and oxygen atoms in total. The summed E-state index contributed by atoms with van der Waals surface area (Å²) >= 11 is 3.43. The fraction of sp³-hybridized carbons (Fsp3) is 0.158. The number of anilines is 1. The predicted molar refractivity (Wildman–Crippen MR) is 100 cm³/mol. The zero-order valence-corrected chi connectivity index (χ0v) is 15.5. The molecule has 25 heavy (non-hydrogen) atoms. The molecule has 130 valence electrons. The smallest absolute Gasteiger partial charge is 0.343 e. The first-order chi connectivity index (χ1) is 12.0. The Balaban J connectivity index is 1.99. The molecule has 0 aliphatic carbocycles. The van der Waals surface area contributed by atoms with Gasteiger partial charge in [0.15, 0.2) is 6.61 Å². The van der Waals surface area contributed by atoms with Crippen LogP contribution in [-0.2, 0) is 14.3 Å². The summed E-state index contributed by atoms with van der Waals surface area (Å²) in [6.45, 7) is 1.69. The standard InChI is InChI=1S/C19H18BrNO4/c1-13-11-15(25-12-19(23)24-2)8-9-17(13)21-18(22)10-7-14-5-3-4-6-16(14)20/h3-11H,12H2,1-2H3,(H,21,22)/b10-7+. The first kappa shape index (κ1) is 18.7. The first-order valence-corrected chi connectivity index (χ1v) is 8.33. The molecule has 2 rings (SSSR count). The molecule has 6 heteroatoms. The van der Waals surface area contributed by atoms with Gasteiger partial charge in [-0.3, -0.25) is 4.79 Å². The van der Waals surface area contributed by atoms with Crippen molar-refractivity contribution in [3.8, 4) is 5.75 Å². The van der Waals surface area contributed by atoms with Crippen molar-refractivity contribution in [2.24, 2.45) is 0 Å². The van der Waals surface area contributed by atoms with Gasteiger partial charge in [0, 0.05) is 16.2 Å². The molecule has 2 aromatic carbocycles. The van der Waals surface area contributed by atoms with Gasteiger partial charge in [-0.1, -0.05) is 34.1 Å². The number of esters is 1. The molecule has 1 N–H and O–H groups in total. The number of carbonyl (C=O) groups is 2. The van der Waals surface area contributed by atoms with Crippen LogP contribution in [0.15, 0.2) is 53.0 Å². The van der Waals surface area contributed by atoms with Crippen molar-refractivity contribution >= 4 is 39.6 Å². The summed E-state index contributed by atoms with van der Waals surface area (Å²) in [6, 6.07) is 12.8. The Kier molecular flexibility index (Phi) is 6.77. The van der Waals surface area contributed by atoms with Crippen LogP contribution < -0.4 is 10.1 Å². The second-order valence-corrected chi connectivity index (χ2v) is 6.04. The third kappa shape index (κ3) is 5.76. The van der Waals surface area contributed by atoms with Crippen LogP contribution in [0, 0.1) is 6.92 Å². The Bertz CT molecular complexity index is 802. The van der Waals surface area contributed by atoms with Crippen LogP contribution in [0.2, 0.25) is 0 Å². The van der Waals surface area contributed by atoms with E-state index in [9.17, 15) is 9.59 Å². The summed E-state index contributed by atoms with van der Waals surface area (Å²) in [5.41, 5.74) is 2.41. The van der Waals surface area contributed by atoms with Gasteiger partial charge in [0.2, 0.25) is 5.91 Å². The maximum Gasteiger partial charge on any atom is 0.343 e. The van der Waals surface area contributed by atoms with E-state index in [0.29, 0.717) is 11.4 Å². The van der Waals surface area contributed by atoms with Gasteiger partial charge in [-0.15, -0.1) is 0 Å². The average Bonchev–Trinajstić information content (AvgIpc) is 2.61. The number of methoxy groups -OCH3 is 1. The molecule has 0 aromatic heterocycles. The molecule has 2 aromatic rings. The topological polar surface area (TPSA) is 64.6 Å². The normalized spacial score (nSPS) is 10.5. The molecule has 0 unspecified atom stereocenters. The Labute approximate surface area is 154 Å². The molecule has 1 amide bonds. The Morgan fingerprint density at radius 2 is 1.96 bits per heavy atom. The zero-order valence-electron chi connectivity index (χ0n) is 13.9. The van der Waals surface area contributed by atoms with Gasteiger partial charge in [0.1, 0.15) is 5.75 Å². The number of hydrogen-bond donors (Lipinski definition) is 1. The van der Waals surface area contributed by atoms with Gasteiger partial charge < -0.3 is 14.8 Å². The molecule has 0 saturated carbocycles. The summed E-state index contributed by atoms with van der Waals surface area (Å²) < 4.78 is 10.7. The lowest BCUT2D eigenvalue weighted by Gasteiger charge is -2.10. The minimum absolute atomic E-state index is 0.156.